The molecule has 0 aliphatic heterocycles. The molecule has 1 heterocycles. The summed E-state index contributed by atoms with van der Waals surface area (Å²) in [5.41, 5.74) is 0.892. The molecular weight excluding hydrogens is 165 g/mol. The van der Waals surface area contributed by atoms with Crippen molar-refractivity contribution in [1.29, 1.82) is 0 Å². The summed E-state index contributed by atoms with van der Waals surface area (Å²) < 4.78 is 17.0. The van der Waals surface area contributed by atoms with Gasteiger partial charge in [0.1, 0.15) is 5.52 Å². The van der Waals surface area contributed by atoms with E-state index in [0.717, 1.165) is 0 Å². The maximum absolute atomic E-state index is 12.4. The molecule has 1 aromatic carbocycles. The van der Waals surface area contributed by atoms with Crippen LogP contribution < -0.4 is 0 Å². The van der Waals surface area contributed by atoms with Gasteiger partial charge in [0.25, 0.3) is 0 Å². The largest absolute Gasteiger partial charge is 0.415 e. The Morgan fingerprint density at radius 1 is 1.45 bits per heavy atom. The minimum absolute atomic E-state index is 0.426. The molecule has 0 saturated heterocycles. The number of halogens is 1. The molecule has 11 heavy (non-hydrogen) atoms. The van der Waals surface area contributed by atoms with E-state index in [4.69, 9.17) is 0 Å². The van der Waals surface area contributed by atoms with Gasteiger partial charge in [-0.25, -0.2) is 0 Å². The van der Waals surface area contributed by atoms with E-state index in [2.05, 4.69) is 22.0 Å². The molecule has 0 aliphatic rings. The molecule has 0 amide bonds. The molecule has 0 fully saturated rings. The minimum Gasteiger partial charge on any atom is -0.415 e. The van der Waals surface area contributed by atoms with Gasteiger partial charge in [-0.2, -0.15) is 4.98 Å². The number of nitrogens with zero attached hydrogens (tertiary/aromatic N) is 1. The van der Waals surface area contributed by atoms with Crippen LogP contribution in [0.2, 0.25) is 0 Å². The maximum Gasteiger partial charge on any atom is 0.382 e. The second-order valence-electron chi connectivity index (χ2n) is 2.09. The third-order valence-electron chi connectivity index (χ3n) is 1.37. The van der Waals surface area contributed by atoms with Crippen molar-refractivity contribution >= 4 is 23.7 Å². The summed E-state index contributed by atoms with van der Waals surface area (Å²) in [6.45, 7) is 0. The van der Waals surface area contributed by atoms with Gasteiger partial charge in [-0.3, -0.25) is 0 Å². The van der Waals surface area contributed by atoms with Gasteiger partial charge < -0.3 is 4.42 Å². The number of aromatic nitrogens is 1. The Hall–Kier alpha value is -1.03. The zero-order valence-electron chi connectivity index (χ0n) is 5.41. The van der Waals surface area contributed by atoms with Crippen molar-refractivity contribution < 1.29 is 8.81 Å². The lowest BCUT2D eigenvalue weighted by Gasteiger charge is -1.87. The van der Waals surface area contributed by atoms with E-state index in [0.29, 0.717) is 16.0 Å². The molecule has 4 heteroatoms. The zero-order chi connectivity index (χ0) is 7.84. The van der Waals surface area contributed by atoms with Gasteiger partial charge in [0.2, 0.25) is 0 Å². The average molecular weight is 169 g/mol. The molecule has 0 saturated carbocycles. The van der Waals surface area contributed by atoms with Crippen LogP contribution in [0.1, 0.15) is 0 Å². The van der Waals surface area contributed by atoms with Crippen molar-refractivity contribution in [3.63, 3.8) is 0 Å². The molecule has 0 atom stereocenters. The third-order valence-corrected chi connectivity index (χ3v) is 1.73. The van der Waals surface area contributed by atoms with E-state index < -0.39 is 6.14 Å². The monoisotopic (exact) mass is 169 g/mol. The van der Waals surface area contributed by atoms with Crippen molar-refractivity contribution in [2.24, 2.45) is 0 Å². The fourth-order valence-corrected chi connectivity index (χ4v) is 1.15. The topological polar surface area (TPSA) is 26.0 Å². The predicted octanol–water partition coefficient (Wildman–Crippen LogP) is 2.26. The van der Waals surface area contributed by atoms with Gasteiger partial charge in [0, 0.05) is 4.90 Å². The molecule has 0 unspecified atom stereocenters. The third kappa shape index (κ3) is 0.991. The van der Waals surface area contributed by atoms with Crippen molar-refractivity contribution in [2.75, 3.05) is 0 Å². The van der Waals surface area contributed by atoms with Crippen LogP contribution in [0, 0.1) is 6.14 Å². The molecule has 2 rings (SSSR count). The summed E-state index contributed by atoms with van der Waals surface area (Å²) in [5.74, 6) is 0. The molecule has 0 spiro atoms. The summed E-state index contributed by atoms with van der Waals surface area (Å²) >= 11 is 4.07. The van der Waals surface area contributed by atoms with Crippen LogP contribution in [-0.4, -0.2) is 4.98 Å². The van der Waals surface area contributed by atoms with Crippen LogP contribution in [0.4, 0.5) is 4.39 Å². The van der Waals surface area contributed by atoms with Gasteiger partial charge >= 0.3 is 6.14 Å². The molecule has 0 radical (unpaired) electrons. The number of rotatable bonds is 0. The highest BCUT2D eigenvalue weighted by molar-refractivity contribution is 7.80. The van der Waals surface area contributed by atoms with Gasteiger partial charge in [-0.05, 0) is 12.1 Å². The zero-order valence-corrected chi connectivity index (χ0v) is 6.31. The van der Waals surface area contributed by atoms with E-state index in [-0.39, 0.29) is 0 Å². The van der Waals surface area contributed by atoms with E-state index in [1.54, 1.807) is 18.2 Å². The van der Waals surface area contributed by atoms with Gasteiger partial charge in [0.15, 0.2) is 5.58 Å². The fourth-order valence-electron chi connectivity index (χ4n) is 0.907. The summed E-state index contributed by atoms with van der Waals surface area (Å²) in [7, 11) is 0. The summed E-state index contributed by atoms with van der Waals surface area (Å²) in [6.07, 6.45) is -0.818. The lowest BCUT2D eigenvalue weighted by molar-refractivity contribution is 0.355. The molecular formula is C7H4FNOS. The first-order valence-corrected chi connectivity index (χ1v) is 3.46. The highest BCUT2D eigenvalue weighted by Gasteiger charge is 2.05. The Morgan fingerprint density at radius 3 is 3.00 bits per heavy atom. The van der Waals surface area contributed by atoms with Crippen LogP contribution in [0.5, 0.6) is 0 Å². The van der Waals surface area contributed by atoms with E-state index in [1.165, 1.54) is 0 Å². The summed E-state index contributed by atoms with van der Waals surface area (Å²) in [5, 5.41) is 0. The first-order valence-electron chi connectivity index (χ1n) is 3.01. The van der Waals surface area contributed by atoms with E-state index in [9.17, 15) is 4.39 Å². The van der Waals surface area contributed by atoms with Crippen LogP contribution in [0.25, 0.3) is 11.1 Å². The van der Waals surface area contributed by atoms with Crippen LogP contribution in [0.15, 0.2) is 27.5 Å². The van der Waals surface area contributed by atoms with E-state index in [1.807, 2.05) is 0 Å². The van der Waals surface area contributed by atoms with Gasteiger partial charge in [0.05, 0.1) is 0 Å². The van der Waals surface area contributed by atoms with Gasteiger partial charge in [-0.15, -0.1) is 17.0 Å². The lowest BCUT2D eigenvalue weighted by atomic mass is 10.3. The average Bonchev–Trinajstić information content (AvgIpc) is 2.31. The SMILES string of the molecule is Fc1nc2c(S)cccc2o1. The number of oxazole rings is 1. The van der Waals surface area contributed by atoms with Crippen molar-refractivity contribution in [2.45, 2.75) is 4.90 Å². The molecule has 2 nitrogen and oxygen atoms in total. The normalized spacial score (nSPS) is 10.7. The minimum atomic E-state index is -0.818. The number of benzene rings is 1. The molecule has 1 aromatic heterocycles. The number of hydrogen-bond donors (Lipinski definition) is 1. The van der Waals surface area contributed by atoms with Crippen molar-refractivity contribution in [3.05, 3.63) is 24.3 Å². The fraction of sp³-hybridized carbons (Fsp3) is 0. The summed E-state index contributed by atoms with van der Waals surface area (Å²) in [6, 6.07) is 5.10. The Bertz CT molecular complexity index is 398. The molecule has 56 valence electrons. The lowest BCUT2D eigenvalue weighted by Crippen LogP contribution is -1.70. The Labute approximate surface area is 67.4 Å². The van der Waals surface area contributed by atoms with Crippen molar-refractivity contribution in [1.82, 2.24) is 4.98 Å². The molecule has 0 N–H and O–H groups in total. The number of para-hydroxylation sites is 1. The first kappa shape index (κ1) is 6.67. The van der Waals surface area contributed by atoms with Crippen molar-refractivity contribution in [3.8, 4) is 0 Å². The standard InChI is InChI=1S/C7H4FNOS/c8-7-9-6-4(10-7)2-1-3-5(6)11/h1-3,11H. The number of hydrogen-bond acceptors (Lipinski definition) is 3. The number of fused-ring (bicyclic) bond motifs is 1. The Morgan fingerprint density at radius 2 is 2.27 bits per heavy atom. The van der Waals surface area contributed by atoms with Crippen LogP contribution in [0.3, 0.4) is 0 Å². The van der Waals surface area contributed by atoms with E-state index >= 15 is 0 Å². The highest BCUT2D eigenvalue weighted by Crippen LogP contribution is 2.20. The summed E-state index contributed by atoms with van der Waals surface area (Å²) in [4.78, 5) is 4.12. The Balaban J connectivity index is 2.90. The molecule has 2 aromatic rings. The second kappa shape index (κ2) is 2.23. The highest BCUT2D eigenvalue weighted by atomic mass is 32.1. The predicted molar refractivity (Wildman–Crippen MR) is 41.2 cm³/mol. The Kier molecular flexibility index (Phi) is 1.35. The quantitative estimate of drug-likeness (QED) is 0.612. The smallest absolute Gasteiger partial charge is 0.382 e. The van der Waals surface area contributed by atoms with Crippen LogP contribution >= 0.6 is 12.6 Å². The molecule has 0 bridgehead atoms. The molecule has 0 aliphatic carbocycles. The number of thiol groups is 1. The van der Waals surface area contributed by atoms with Gasteiger partial charge in [-0.1, -0.05) is 6.07 Å². The van der Waals surface area contributed by atoms with Crippen LogP contribution in [-0.2, 0) is 0 Å². The first-order chi connectivity index (χ1) is 5.27. The maximum atomic E-state index is 12.4. The second-order valence-corrected chi connectivity index (χ2v) is 2.57.